The zero-order valence-electron chi connectivity index (χ0n) is 15.3. The largest absolute Gasteiger partial charge is 0.466 e. The Balaban J connectivity index is 1.37. The van der Waals surface area contributed by atoms with Crippen LogP contribution in [-0.4, -0.2) is 47.6 Å². The number of esters is 1. The smallest absolute Gasteiger partial charge is 0.306 e. The van der Waals surface area contributed by atoms with Gasteiger partial charge < -0.3 is 15.0 Å². The molecule has 1 aliphatic heterocycles. The Labute approximate surface area is 151 Å². The van der Waals surface area contributed by atoms with Crippen LogP contribution in [0.3, 0.4) is 0 Å². The number of ether oxygens (including phenoxy) is 1. The van der Waals surface area contributed by atoms with Gasteiger partial charge in [-0.1, -0.05) is 0 Å². The third kappa shape index (κ3) is 5.43. The van der Waals surface area contributed by atoms with Gasteiger partial charge in [0.25, 0.3) is 0 Å². The molecule has 2 fully saturated rings. The van der Waals surface area contributed by atoms with Crippen molar-refractivity contribution in [3.05, 3.63) is 24.5 Å². The Morgan fingerprint density at radius 3 is 2.48 bits per heavy atom. The van der Waals surface area contributed by atoms with E-state index in [-0.39, 0.29) is 5.97 Å². The van der Waals surface area contributed by atoms with E-state index in [1.165, 1.54) is 57.3 Å². The van der Waals surface area contributed by atoms with Crippen molar-refractivity contribution >= 4 is 11.7 Å². The van der Waals surface area contributed by atoms with Crippen molar-refractivity contribution in [2.45, 2.75) is 64.0 Å². The van der Waals surface area contributed by atoms with E-state index in [2.05, 4.69) is 15.2 Å². The number of anilines is 1. The molecule has 138 valence electrons. The zero-order chi connectivity index (χ0) is 17.5. The SMILES string of the molecule is CCOC(=O)CC1CCC(N2CCC(Nc3ccncc3)CC2)CC1. The molecule has 0 bridgehead atoms. The summed E-state index contributed by atoms with van der Waals surface area (Å²) in [4.78, 5) is 18.4. The number of hydrogen-bond acceptors (Lipinski definition) is 5. The Morgan fingerprint density at radius 1 is 1.16 bits per heavy atom. The normalized spacial score (nSPS) is 25.5. The monoisotopic (exact) mass is 345 g/mol. The Hall–Kier alpha value is -1.62. The standard InChI is InChI=1S/C20H31N3O2/c1-2-25-20(24)15-16-3-5-19(6-4-16)23-13-9-18(10-14-23)22-17-7-11-21-12-8-17/h7-8,11-12,16,18-19H,2-6,9-10,13-15H2,1H3,(H,21,22). The van der Waals surface area contributed by atoms with E-state index in [0.29, 0.717) is 31.0 Å². The number of nitrogens with one attached hydrogen (secondary N) is 1. The van der Waals surface area contributed by atoms with E-state index < -0.39 is 0 Å². The van der Waals surface area contributed by atoms with Crippen LogP contribution in [0.1, 0.15) is 51.9 Å². The number of rotatable bonds is 6. The molecule has 2 aliphatic rings. The van der Waals surface area contributed by atoms with Gasteiger partial charge in [-0.25, -0.2) is 0 Å². The van der Waals surface area contributed by atoms with Gasteiger partial charge in [0.2, 0.25) is 0 Å². The molecule has 0 radical (unpaired) electrons. The first kappa shape index (κ1) is 18.2. The van der Waals surface area contributed by atoms with Crippen molar-refractivity contribution in [2.24, 2.45) is 5.92 Å². The van der Waals surface area contributed by atoms with Crippen LogP contribution in [-0.2, 0) is 9.53 Å². The lowest BCUT2D eigenvalue weighted by molar-refractivity contribution is -0.144. The van der Waals surface area contributed by atoms with Crippen molar-refractivity contribution < 1.29 is 9.53 Å². The Morgan fingerprint density at radius 2 is 1.84 bits per heavy atom. The quantitative estimate of drug-likeness (QED) is 0.800. The molecule has 5 nitrogen and oxygen atoms in total. The lowest BCUT2D eigenvalue weighted by atomic mass is 9.83. The third-order valence-corrected chi connectivity index (χ3v) is 5.67. The van der Waals surface area contributed by atoms with E-state index in [0.717, 1.165) is 0 Å². The number of carbonyl (C=O) groups excluding carboxylic acids is 1. The average molecular weight is 345 g/mol. The molecule has 25 heavy (non-hydrogen) atoms. The molecule has 1 saturated carbocycles. The summed E-state index contributed by atoms with van der Waals surface area (Å²) < 4.78 is 5.09. The lowest BCUT2D eigenvalue weighted by Crippen LogP contribution is -2.46. The summed E-state index contributed by atoms with van der Waals surface area (Å²) in [7, 11) is 0. The molecule has 3 rings (SSSR count). The second-order valence-corrected chi connectivity index (χ2v) is 7.37. The average Bonchev–Trinajstić information content (AvgIpc) is 2.64. The maximum absolute atomic E-state index is 11.6. The number of hydrogen-bond donors (Lipinski definition) is 1. The minimum absolute atomic E-state index is 0.0195. The molecule has 1 saturated heterocycles. The van der Waals surface area contributed by atoms with Gasteiger partial charge in [-0.2, -0.15) is 0 Å². The van der Waals surface area contributed by atoms with E-state index in [9.17, 15) is 4.79 Å². The second-order valence-electron chi connectivity index (χ2n) is 7.37. The Kier molecular flexibility index (Phi) is 6.68. The summed E-state index contributed by atoms with van der Waals surface area (Å²) in [6.07, 6.45) is 11.5. The van der Waals surface area contributed by atoms with E-state index in [1.807, 2.05) is 31.5 Å². The Bertz CT molecular complexity index is 521. The molecule has 1 aromatic rings. The maximum atomic E-state index is 11.6. The van der Waals surface area contributed by atoms with Gasteiger partial charge in [-0.05, 0) is 63.5 Å². The van der Waals surface area contributed by atoms with Gasteiger partial charge >= 0.3 is 5.97 Å². The molecular weight excluding hydrogens is 314 g/mol. The summed E-state index contributed by atoms with van der Waals surface area (Å²) in [6.45, 7) is 4.73. The molecule has 0 spiro atoms. The van der Waals surface area contributed by atoms with Gasteiger partial charge in [0.05, 0.1) is 6.61 Å². The van der Waals surface area contributed by atoms with Crippen LogP contribution in [0.4, 0.5) is 5.69 Å². The number of carbonyl (C=O) groups is 1. The highest BCUT2D eigenvalue weighted by Gasteiger charge is 2.29. The number of pyridine rings is 1. The fraction of sp³-hybridized carbons (Fsp3) is 0.700. The minimum atomic E-state index is -0.0195. The highest BCUT2D eigenvalue weighted by atomic mass is 16.5. The van der Waals surface area contributed by atoms with Gasteiger partial charge in [0, 0.05) is 49.7 Å². The van der Waals surface area contributed by atoms with Gasteiger partial charge in [0.1, 0.15) is 0 Å². The van der Waals surface area contributed by atoms with Crippen molar-refractivity contribution in [3.63, 3.8) is 0 Å². The van der Waals surface area contributed by atoms with Gasteiger partial charge in [-0.3, -0.25) is 9.78 Å². The molecule has 0 aromatic carbocycles. The van der Waals surface area contributed by atoms with Crippen molar-refractivity contribution in [1.82, 2.24) is 9.88 Å². The van der Waals surface area contributed by atoms with Crippen LogP contribution >= 0.6 is 0 Å². The van der Waals surface area contributed by atoms with Crippen molar-refractivity contribution in [2.75, 3.05) is 25.0 Å². The topological polar surface area (TPSA) is 54.5 Å². The van der Waals surface area contributed by atoms with Crippen LogP contribution in [0.2, 0.25) is 0 Å². The molecule has 1 N–H and O–H groups in total. The van der Waals surface area contributed by atoms with Crippen LogP contribution in [0.15, 0.2) is 24.5 Å². The lowest BCUT2D eigenvalue weighted by Gasteiger charge is -2.41. The molecular formula is C20H31N3O2. The van der Waals surface area contributed by atoms with Crippen molar-refractivity contribution in [1.29, 1.82) is 0 Å². The number of nitrogens with zero attached hydrogens (tertiary/aromatic N) is 2. The molecule has 1 aliphatic carbocycles. The molecule has 5 heteroatoms. The molecule has 0 unspecified atom stereocenters. The third-order valence-electron chi connectivity index (χ3n) is 5.67. The van der Waals surface area contributed by atoms with Gasteiger partial charge in [0.15, 0.2) is 0 Å². The number of piperidine rings is 1. The van der Waals surface area contributed by atoms with E-state index in [1.54, 1.807) is 0 Å². The maximum Gasteiger partial charge on any atom is 0.306 e. The van der Waals surface area contributed by atoms with E-state index >= 15 is 0 Å². The zero-order valence-corrected chi connectivity index (χ0v) is 15.3. The fourth-order valence-corrected chi connectivity index (χ4v) is 4.26. The van der Waals surface area contributed by atoms with Gasteiger partial charge in [-0.15, -0.1) is 0 Å². The first-order valence-corrected chi connectivity index (χ1v) is 9.81. The van der Waals surface area contributed by atoms with Crippen LogP contribution < -0.4 is 5.32 Å². The summed E-state index contributed by atoms with van der Waals surface area (Å²) in [5.41, 5.74) is 1.17. The molecule has 0 amide bonds. The first-order chi connectivity index (χ1) is 12.2. The molecule has 1 aromatic heterocycles. The minimum Gasteiger partial charge on any atom is -0.466 e. The number of likely N-dealkylation sites (tertiary alicyclic amines) is 1. The van der Waals surface area contributed by atoms with Crippen molar-refractivity contribution in [3.8, 4) is 0 Å². The molecule has 2 heterocycles. The summed E-state index contributed by atoms with van der Waals surface area (Å²) in [5, 5.41) is 3.63. The van der Waals surface area contributed by atoms with E-state index in [4.69, 9.17) is 4.74 Å². The highest BCUT2D eigenvalue weighted by Crippen LogP contribution is 2.31. The second kappa shape index (κ2) is 9.18. The summed E-state index contributed by atoms with van der Waals surface area (Å²) >= 11 is 0. The molecule has 0 atom stereocenters. The number of aromatic nitrogens is 1. The fourth-order valence-electron chi connectivity index (χ4n) is 4.26. The van der Waals surface area contributed by atoms with Crippen LogP contribution in [0.25, 0.3) is 0 Å². The predicted octanol–water partition coefficient (Wildman–Crippen LogP) is 3.47. The highest BCUT2D eigenvalue weighted by molar-refractivity contribution is 5.69. The predicted molar refractivity (Wildman–Crippen MR) is 99.5 cm³/mol. The summed E-state index contributed by atoms with van der Waals surface area (Å²) in [5.74, 6) is 0.509. The first-order valence-electron chi connectivity index (χ1n) is 9.81. The summed E-state index contributed by atoms with van der Waals surface area (Å²) in [6, 6.07) is 5.35. The van der Waals surface area contributed by atoms with Crippen LogP contribution in [0.5, 0.6) is 0 Å². The van der Waals surface area contributed by atoms with Crippen LogP contribution in [0, 0.1) is 5.92 Å².